The Morgan fingerprint density at radius 3 is 2.60 bits per heavy atom. The number of aromatic nitrogens is 1. The van der Waals surface area contributed by atoms with Crippen LogP contribution in [0.25, 0.3) is 10.9 Å². The summed E-state index contributed by atoms with van der Waals surface area (Å²) >= 11 is 0. The molecule has 3 aromatic rings. The Hall–Kier alpha value is -3.61. The molecule has 0 saturated carbocycles. The average Bonchev–Trinajstić information content (AvgIpc) is 2.73. The summed E-state index contributed by atoms with van der Waals surface area (Å²) < 4.78 is 16.4. The van der Waals surface area contributed by atoms with Crippen LogP contribution >= 0.6 is 0 Å². The van der Waals surface area contributed by atoms with E-state index in [4.69, 9.17) is 14.2 Å². The number of nitrogens with one attached hydrogen (secondary N) is 1. The molecule has 0 radical (unpaired) electrons. The minimum absolute atomic E-state index is 0.382. The van der Waals surface area contributed by atoms with Crippen molar-refractivity contribution in [1.82, 2.24) is 4.98 Å². The molecule has 0 fully saturated rings. The molecule has 1 aliphatic heterocycles. The minimum atomic E-state index is -0.990. The number of carbonyl (C=O) groups is 2. The maximum absolute atomic E-state index is 12.8. The van der Waals surface area contributed by atoms with E-state index < -0.39 is 18.0 Å². The number of aryl methyl sites for hydroxylation is 2. The molecular weight excluding hydrogens is 384 g/mol. The topological polar surface area (TPSA) is 86.8 Å². The fourth-order valence-corrected chi connectivity index (χ4v) is 3.47. The lowest BCUT2D eigenvalue weighted by molar-refractivity contribution is -0.123. The summed E-state index contributed by atoms with van der Waals surface area (Å²) in [5, 5.41) is 3.62. The lowest BCUT2D eigenvalue weighted by Crippen LogP contribution is -2.30. The highest BCUT2D eigenvalue weighted by Crippen LogP contribution is 2.32. The SMILES string of the molecule is Cc1nc2ccccc2c(C)c1C(=O)O[C@H](C)C(=O)Nc1ccc2c(c1)OCCO2. The molecule has 7 nitrogen and oxygen atoms in total. The first-order chi connectivity index (χ1) is 14.4. The van der Waals surface area contributed by atoms with Crippen molar-refractivity contribution in [3.63, 3.8) is 0 Å². The van der Waals surface area contributed by atoms with Crippen LogP contribution in [0.1, 0.15) is 28.5 Å². The highest BCUT2D eigenvalue weighted by Gasteiger charge is 2.23. The number of carbonyl (C=O) groups excluding carboxylic acids is 2. The van der Waals surface area contributed by atoms with Gasteiger partial charge in [0.25, 0.3) is 5.91 Å². The van der Waals surface area contributed by atoms with Crippen molar-refractivity contribution >= 4 is 28.5 Å². The number of amides is 1. The molecule has 1 aromatic heterocycles. The van der Waals surface area contributed by atoms with E-state index in [1.807, 2.05) is 31.2 Å². The Morgan fingerprint density at radius 2 is 1.80 bits per heavy atom. The summed E-state index contributed by atoms with van der Waals surface area (Å²) in [6.45, 7) is 6.10. The molecule has 0 bridgehead atoms. The van der Waals surface area contributed by atoms with Crippen LogP contribution in [-0.2, 0) is 9.53 Å². The Kier molecular flexibility index (Phi) is 5.27. The van der Waals surface area contributed by atoms with Gasteiger partial charge in [0.2, 0.25) is 0 Å². The molecule has 0 spiro atoms. The van der Waals surface area contributed by atoms with E-state index in [2.05, 4.69) is 10.3 Å². The molecule has 0 aliphatic carbocycles. The van der Waals surface area contributed by atoms with E-state index in [9.17, 15) is 9.59 Å². The summed E-state index contributed by atoms with van der Waals surface area (Å²) in [5.41, 5.74) is 3.08. The minimum Gasteiger partial charge on any atom is -0.486 e. The van der Waals surface area contributed by atoms with Crippen LogP contribution in [0.4, 0.5) is 5.69 Å². The van der Waals surface area contributed by atoms with Crippen molar-refractivity contribution < 1.29 is 23.8 Å². The zero-order chi connectivity index (χ0) is 21.3. The summed E-state index contributed by atoms with van der Waals surface area (Å²) in [7, 11) is 0. The lowest BCUT2D eigenvalue weighted by Gasteiger charge is -2.20. The number of hydrogen-bond acceptors (Lipinski definition) is 6. The number of hydrogen-bond donors (Lipinski definition) is 1. The van der Waals surface area contributed by atoms with Crippen molar-refractivity contribution in [3.05, 3.63) is 59.3 Å². The second-order valence-corrected chi connectivity index (χ2v) is 7.11. The van der Waals surface area contributed by atoms with Crippen molar-refractivity contribution in [1.29, 1.82) is 0 Å². The van der Waals surface area contributed by atoms with Gasteiger partial charge in [-0.1, -0.05) is 18.2 Å². The monoisotopic (exact) mass is 406 g/mol. The molecule has 7 heteroatoms. The summed E-state index contributed by atoms with van der Waals surface area (Å²) in [4.78, 5) is 29.9. The number of ether oxygens (including phenoxy) is 3. The van der Waals surface area contributed by atoms with E-state index >= 15 is 0 Å². The predicted octanol–water partition coefficient (Wildman–Crippen LogP) is 3.81. The van der Waals surface area contributed by atoms with Gasteiger partial charge in [-0.25, -0.2) is 4.79 Å². The highest BCUT2D eigenvalue weighted by molar-refractivity contribution is 6.01. The van der Waals surface area contributed by atoms with E-state index in [1.54, 1.807) is 25.1 Å². The number of fused-ring (bicyclic) bond motifs is 2. The number of benzene rings is 2. The third kappa shape index (κ3) is 3.78. The number of anilines is 1. The number of pyridine rings is 1. The summed E-state index contributed by atoms with van der Waals surface area (Å²) in [6.07, 6.45) is -0.990. The van der Waals surface area contributed by atoms with Crippen LogP contribution in [0, 0.1) is 13.8 Å². The van der Waals surface area contributed by atoms with E-state index in [0.29, 0.717) is 41.7 Å². The van der Waals surface area contributed by atoms with Crippen LogP contribution in [0.5, 0.6) is 11.5 Å². The Morgan fingerprint density at radius 1 is 1.07 bits per heavy atom. The highest BCUT2D eigenvalue weighted by atomic mass is 16.6. The Bertz CT molecular complexity index is 1140. The van der Waals surface area contributed by atoms with Gasteiger partial charge in [-0.05, 0) is 44.5 Å². The first-order valence-corrected chi connectivity index (χ1v) is 9.71. The fraction of sp³-hybridized carbons (Fsp3) is 0.261. The van der Waals surface area contributed by atoms with Gasteiger partial charge in [-0.3, -0.25) is 9.78 Å². The van der Waals surface area contributed by atoms with Crippen LogP contribution in [0.2, 0.25) is 0 Å². The van der Waals surface area contributed by atoms with Crippen molar-refractivity contribution in [3.8, 4) is 11.5 Å². The van der Waals surface area contributed by atoms with Gasteiger partial charge in [0.1, 0.15) is 13.2 Å². The molecule has 1 aliphatic rings. The molecular formula is C23H22N2O5. The third-order valence-corrected chi connectivity index (χ3v) is 5.00. The standard InChI is InChI=1S/C23H22N2O5/c1-13-17-6-4-5-7-18(17)24-14(2)21(13)23(27)30-15(3)22(26)25-16-8-9-19-20(12-16)29-11-10-28-19/h4-9,12,15H,10-11H2,1-3H3,(H,25,26)/t15-/m1/s1. The number of esters is 1. The molecule has 0 saturated heterocycles. The first-order valence-electron chi connectivity index (χ1n) is 9.71. The van der Waals surface area contributed by atoms with Crippen LogP contribution in [-0.4, -0.2) is 36.2 Å². The fourth-order valence-electron chi connectivity index (χ4n) is 3.47. The molecule has 0 unspecified atom stereocenters. The Balaban J connectivity index is 1.48. The molecule has 30 heavy (non-hydrogen) atoms. The molecule has 1 N–H and O–H groups in total. The van der Waals surface area contributed by atoms with Crippen LogP contribution in [0.15, 0.2) is 42.5 Å². The Labute approximate surface area is 174 Å². The molecule has 2 aromatic carbocycles. The van der Waals surface area contributed by atoms with Gasteiger partial charge in [0, 0.05) is 17.1 Å². The molecule has 1 atom stereocenters. The van der Waals surface area contributed by atoms with Gasteiger partial charge in [-0.15, -0.1) is 0 Å². The van der Waals surface area contributed by atoms with E-state index in [-0.39, 0.29) is 0 Å². The molecule has 2 heterocycles. The van der Waals surface area contributed by atoms with Gasteiger partial charge >= 0.3 is 5.97 Å². The summed E-state index contributed by atoms with van der Waals surface area (Å²) in [6, 6.07) is 12.7. The number of rotatable bonds is 4. The zero-order valence-electron chi connectivity index (χ0n) is 17.0. The first kappa shape index (κ1) is 19.7. The van der Waals surface area contributed by atoms with Crippen molar-refractivity contribution in [2.24, 2.45) is 0 Å². The maximum Gasteiger partial charge on any atom is 0.341 e. The number of para-hydroxylation sites is 1. The van der Waals surface area contributed by atoms with E-state index in [1.165, 1.54) is 6.92 Å². The predicted molar refractivity (Wildman–Crippen MR) is 112 cm³/mol. The average molecular weight is 406 g/mol. The normalized spacial score (nSPS) is 13.6. The smallest absolute Gasteiger partial charge is 0.341 e. The van der Waals surface area contributed by atoms with Crippen LogP contribution in [0.3, 0.4) is 0 Å². The molecule has 1 amide bonds. The number of nitrogens with zero attached hydrogens (tertiary/aromatic N) is 1. The van der Waals surface area contributed by atoms with Crippen LogP contribution < -0.4 is 14.8 Å². The lowest BCUT2D eigenvalue weighted by atomic mass is 10.0. The van der Waals surface area contributed by atoms with Gasteiger partial charge in [-0.2, -0.15) is 0 Å². The quantitative estimate of drug-likeness (QED) is 0.663. The third-order valence-electron chi connectivity index (χ3n) is 5.00. The van der Waals surface area contributed by atoms with Gasteiger partial charge in [0.15, 0.2) is 17.6 Å². The zero-order valence-corrected chi connectivity index (χ0v) is 17.0. The maximum atomic E-state index is 12.8. The second-order valence-electron chi connectivity index (χ2n) is 7.11. The second kappa shape index (κ2) is 8.02. The molecule has 154 valence electrons. The van der Waals surface area contributed by atoms with Crippen molar-refractivity contribution in [2.75, 3.05) is 18.5 Å². The van der Waals surface area contributed by atoms with Gasteiger partial charge < -0.3 is 19.5 Å². The van der Waals surface area contributed by atoms with Gasteiger partial charge in [0.05, 0.1) is 16.8 Å². The van der Waals surface area contributed by atoms with Crippen molar-refractivity contribution in [2.45, 2.75) is 26.9 Å². The summed E-state index contributed by atoms with van der Waals surface area (Å²) in [5.74, 6) is 0.183. The molecule has 4 rings (SSSR count). The largest absolute Gasteiger partial charge is 0.486 e. The van der Waals surface area contributed by atoms with E-state index in [0.717, 1.165) is 16.5 Å².